The summed E-state index contributed by atoms with van der Waals surface area (Å²) in [7, 11) is 1.87. The molecule has 0 atom stereocenters. The molecule has 2 aromatic carbocycles. The molecule has 0 aromatic heterocycles. The van der Waals surface area contributed by atoms with Crippen molar-refractivity contribution in [2.45, 2.75) is 39.2 Å². The Labute approximate surface area is 172 Å². The van der Waals surface area contributed by atoms with Crippen molar-refractivity contribution >= 4 is 23.2 Å². The summed E-state index contributed by atoms with van der Waals surface area (Å²) in [5, 5.41) is 0. The highest BCUT2D eigenvalue weighted by Crippen LogP contribution is 2.30. The number of benzene rings is 2. The van der Waals surface area contributed by atoms with E-state index in [0.717, 1.165) is 30.8 Å². The molecule has 0 radical (unpaired) electrons. The molecule has 4 rings (SSSR count). The number of amides is 2. The standard InChI is InChI=1S/C24H29N3O2/c1-18(28)27-15-12-19-16-20(10-11-23(19)27)24(29)25(2)17-21-8-4-5-9-22(21)26-13-6-3-7-14-26/h4-5,8-11,16H,3,6-7,12-15,17H2,1-2H3. The number of fused-ring (bicyclic) bond motifs is 1. The highest BCUT2D eigenvalue weighted by Gasteiger charge is 2.24. The van der Waals surface area contributed by atoms with Crippen molar-refractivity contribution < 1.29 is 9.59 Å². The molecular weight excluding hydrogens is 362 g/mol. The summed E-state index contributed by atoms with van der Waals surface area (Å²) in [5.74, 6) is 0.0665. The molecule has 5 nitrogen and oxygen atoms in total. The molecule has 2 aromatic rings. The maximum absolute atomic E-state index is 13.1. The largest absolute Gasteiger partial charge is 0.371 e. The van der Waals surface area contributed by atoms with Crippen LogP contribution in [-0.4, -0.2) is 43.4 Å². The van der Waals surface area contributed by atoms with Crippen LogP contribution in [0.4, 0.5) is 11.4 Å². The predicted octanol–water partition coefficient (Wildman–Crippen LogP) is 3.86. The second-order valence-electron chi connectivity index (χ2n) is 8.10. The molecule has 152 valence electrons. The lowest BCUT2D eigenvalue weighted by Gasteiger charge is -2.31. The van der Waals surface area contributed by atoms with Crippen LogP contribution in [0.15, 0.2) is 42.5 Å². The van der Waals surface area contributed by atoms with Crippen molar-refractivity contribution in [3.05, 3.63) is 59.2 Å². The zero-order valence-electron chi connectivity index (χ0n) is 17.4. The van der Waals surface area contributed by atoms with Gasteiger partial charge in [-0.25, -0.2) is 0 Å². The van der Waals surface area contributed by atoms with Crippen LogP contribution in [0.1, 0.15) is 47.7 Å². The third-order valence-electron chi connectivity index (χ3n) is 6.04. The monoisotopic (exact) mass is 391 g/mol. The van der Waals surface area contributed by atoms with Gasteiger partial charge >= 0.3 is 0 Å². The minimum Gasteiger partial charge on any atom is -0.371 e. The van der Waals surface area contributed by atoms with Crippen molar-refractivity contribution in [3.63, 3.8) is 0 Å². The zero-order valence-corrected chi connectivity index (χ0v) is 17.4. The Bertz CT molecular complexity index is 918. The number of piperidine rings is 1. The van der Waals surface area contributed by atoms with E-state index in [4.69, 9.17) is 0 Å². The molecule has 0 unspecified atom stereocenters. The summed E-state index contributed by atoms with van der Waals surface area (Å²) in [6.45, 7) is 5.05. The van der Waals surface area contributed by atoms with E-state index in [2.05, 4.69) is 23.1 Å². The molecule has 0 saturated carbocycles. The van der Waals surface area contributed by atoms with E-state index in [-0.39, 0.29) is 11.8 Å². The second kappa shape index (κ2) is 8.27. The van der Waals surface area contributed by atoms with E-state index in [9.17, 15) is 9.59 Å². The molecule has 0 aliphatic carbocycles. The third kappa shape index (κ3) is 4.00. The van der Waals surface area contributed by atoms with Gasteiger partial charge in [-0.2, -0.15) is 0 Å². The van der Waals surface area contributed by atoms with E-state index >= 15 is 0 Å². The molecule has 1 saturated heterocycles. The smallest absolute Gasteiger partial charge is 0.253 e. The van der Waals surface area contributed by atoms with Gasteiger partial charge in [0.15, 0.2) is 0 Å². The van der Waals surface area contributed by atoms with E-state index in [1.54, 1.807) is 16.7 Å². The van der Waals surface area contributed by atoms with Crippen molar-refractivity contribution in [2.75, 3.05) is 36.5 Å². The van der Waals surface area contributed by atoms with E-state index < -0.39 is 0 Å². The van der Waals surface area contributed by atoms with Crippen LogP contribution in [0.5, 0.6) is 0 Å². The molecule has 2 aliphatic heterocycles. The topological polar surface area (TPSA) is 43.9 Å². The lowest BCUT2D eigenvalue weighted by Crippen LogP contribution is -2.32. The number of anilines is 2. The summed E-state index contributed by atoms with van der Waals surface area (Å²) in [6, 6.07) is 14.1. The Morgan fingerprint density at radius 3 is 2.48 bits per heavy atom. The Kier molecular flexibility index (Phi) is 5.56. The molecule has 2 amide bonds. The lowest BCUT2D eigenvalue weighted by atomic mass is 10.1. The number of hydrogen-bond donors (Lipinski definition) is 0. The molecule has 1 fully saturated rings. The third-order valence-corrected chi connectivity index (χ3v) is 6.04. The number of carbonyl (C=O) groups is 2. The summed E-state index contributed by atoms with van der Waals surface area (Å²) < 4.78 is 0. The van der Waals surface area contributed by atoms with E-state index in [0.29, 0.717) is 18.7 Å². The highest BCUT2D eigenvalue weighted by atomic mass is 16.2. The number of hydrogen-bond acceptors (Lipinski definition) is 3. The second-order valence-corrected chi connectivity index (χ2v) is 8.10. The Balaban J connectivity index is 1.50. The number of para-hydroxylation sites is 1. The molecule has 0 spiro atoms. The highest BCUT2D eigenvalue weighted by molar-refractivity contribution is 5.97. The molecule has 5 heteroatoms. The number of rotatable bonds is 4. The first kappa shape index (κ1) is 19.5. The van der Waals surface area contributed by atoms with Crippen LogP contribution in [0, 0.1) is 0 Å². The van der Waals surface area contributed by atoms with Crippen molar-refractivity contribution in [2.24, 2.45) is 0 Å². The number of carbonyl (C=O) groups excluding carboxylic acids is 2. The van der Waals surface area contributed by atoms with Gasteiger partial charge in [-0.15, -0.1) is 0 Å². The lowest BCUT2D eigenvalue weighted by molar-refractivity contribution is -0.116. The molecule has 0 bridgehead atoms. The Morgan fingerprint density at radius 2 is 1.72 bits per heavy atom. The maximum atomic E-state index is 13.1. The molecule has 0 N–H and O–H groups in total. The first-order chi connectivity index (χ1) is 14.0. The quantitative estimate of drug-likeness (QED) is 0.795. The maximum Gasteiger partial charge on any atom is 0.253 e. The molecule has 29 heavy (non-hydrogen) atoms. The van der Waals surface area contributed by atoms with Gasteiger partial charge in [-0.1, -0.05) is 18.2 Å². The van der Waals surface area contributed by atoms with Crippen molar-refractivity contribution in [1.82, 2.24) is 4.90 Å². The fourth-order valence-electron chi connectivity index (χ4n) is 4.50. The normalized spacial score (nSPS) is 15.9. The minimum absolute atomic E-state index is 0.0162. The van der Waals surface area contributed by atoms with Gasteiger partial charge in [-0.3, -0.25) is 9.59 Å². The average molecular weight is 392 g/mol. The molecule has 2 aliphatic rings. The van der Waals surface area contributed by atoms with Crippen LogP contribution >= 0.6 is 0 Å². The average Bonchev–Trinajstić information content (AvgIpc) is 3.18. The van der Waals surface area contributed by atoms with Gasteiger partial charge in [0, 0.05) is 57.1 Å². The van der Waals surface area contributed by atoms with Gasteiger partial charge < -0.3 is 14.7 Å². The summed E-state index contributed by atoms with van der Waals surface area (Å²) in [6.07, 6.45) is 4.57. The summed E-state index contributed by atoms with van der Waals surface area (Å²) in [5.41, 5.74) is 5.14. The summed E-state index contributed by atoms with van der Waals surface area (Å²) in [4.78, 5) is 30.9. The van der Waals surface area contributed by atoms with Crippen LogP contribution in [-0.2, 0) is 17.8 Å². The van der Waals surface area contributed by atoms with E-state index in [1.807, 2.05) is 31.3 Å². The molecular formula is C24H29N3O2. The fourth-order valence-corrected chi connectivity index (χ4v) is 4.50. The SMILES string of the molecule is CC(=O)N1CCc2cc(C(=O)N(C)Cc3ccccc3N3CCCCC3)ccc21. The van der Waals surface area contributed by atoms with Crippen LogP contribution < -0.4 is 9.80 Å². The van der Waals surface area contributed by atoms with Crippen molar-refractivity contribution in [3.8, 4) is 0 Å². The Morgan fingerprint density at radius 1 is 0.966 bits per heavy atom. The van der Waals surface area contributed by atoms with Gasteiger partial charge in [0.05, 0.1) is 0 Å². The first-order valence-electron chi connectivity index (χ1n) is 10.5. The first-order valence-corrected chi connectivity index (χ1v) is 10.5. The van der Waals surface area contributed by atoms with Crippen molar-refractivity contribution in [1.29, 1.82) is 0 Å². The van der Waals surface area contributed by atoms with Gasteiger partial charge in [-0.05, 0) is 61.1 Å². The van der Waals surface area contributed by atoms with Gasteiger partial charge in [0.2, 0.25) is 5.91 Å². The van der Waals surface area contributed by atoms with Gasteiger partial charge in [0.25, 0.3) is 5.91 Å². The van der Waals surface area contributed by atoms with E-state index in [1.165, 1.54) is 30.5 Å². The Hall–Kier alpha value is -2.82. The number of nitrogens with zero attached hydrogens (tertiary/aromatic N) is 3. The van der Waals surface area contributed by atoms with Crippen LogP contribution in [0.2, 0.25) is 0 Å². The van der Waals surface area contributed by atoms with Crippen LogP contribution in [0.3, 0.4) is 0 Å². The van der Waals surface area contributed by atoms with Gasteiger partial charge in [0.1, 0.15) is 0 Å². The minimum atomic E-state index is 0.0162. The summed E-state index contributed by atoms with van der Waals surface area (Å²) >= 11 is 0. The molecule has 2 heterocycles. The van der Waals surface area contributed by atoms with Crippen LogP contribution in [0.25, 0.3) is 0 Å². The zero-order chi connectivity index (χ0) is 20.4. The fraction of sp³-hybridized carbons (Fsp3) is 0.417. The predicted molar refractivity (Wildman–Crippen MR) is 116 cm³/mol.